The highest BCUT2D eigenvalue weighted by molar-refractivity contribution is 7.91. The Morgan fingerprint density at radius 2 is 1.77 bits per heavy atom. The SMILES string of the molecule is Cc1cc(F)cc(S(=O)(=O)c2cnc(N)c(C(=N)NC(=O)c3ccc(N4CCN(C)CC4)cc3NC3CCOCC3)c2)c1. The molecule has 3 aromatic rings. The lowest BCUT2D eigenvalue weighted by Gasteiger charge is -2.34. The van der Waals surface area contributed by atoms with Crippen LogP contribution in [-0.4, -0.2) is 82.5 Å². The number of amides is 1. The largest absolute Gasteiger partial charge is 0.383 e. The number of carbonyl (C=O) groups is 1. The van der Waals surface area contributed by atoms with Gasteiger partial charge in [0.15, 0.2) is 0 Å². The molecule has 2 aliphatic rings. The molecule has 5 N–H and O–H groups in total. The molecule has 1 aromatic heterocycles. The number of aromatic nitrogens is 1. The van der Waals surface area contributed by atoms with E-state index in [1.54, 1.807) is 13.0 Å². The Kier molecular flexibility index (Phi) is 8.95. The second-order valence-electron chi connectivity index (χ2n) is 11.0. The second-order valence-corrected chi connectivity index (χ2v) is 12.9. The van der Waals surface area contributed by atoms with Crippen molar-refractivity contribution < 1.29 is 22.3 Å². The summed E-state index contributed by atoms with van der Waals surface area (Å²) in [4.78, 5) is 21.5. The number of hydrogen-bond donors (Lipinski definition) is 4. The van der Waals surface area contributed by atoms with E-state index < -0.39 is 27.4 Å². The van der Waals surface area contributed by atoms with E-state index in [9.17, 15) is 17.6 Å². The van der Waals surface area contributed by atoms with Crippen molar-refractivity contribution in [1.82, 2.24) is 15.2 Å². The van der Waals surface area contributed by atoms with Crippen LogP contribution in [0.1, 0.15) is 34.3 Å². The molecular formula is C30H36FN7O4S. The van der Waals surface area contributed by atoms with E-state index in [0.29, 0.717) is 30.0 Å². The van der Waals surface area contributed by atoms with Crippen LogP contribution in [0.5, 0.6) is 0 Å². The van der Waals surface area contributed by atoms with Crippen molar-refractivity contribution in [2.45, 2.75) is 35.6 Å². The maximum atomic E-state index is 14.0. The Morgan fingerprint density at radius 1 is 1.05 bits per heavy atom. The van der Waals surface area contributed by atoms with Gasteiger partial charge in [0.05, 0.1) is 20.9 Å². The summed E-state index contributed by atoms with van der Waals surface area (Å²) in [5.41, 5.74) is 8.34. The summed E-state index contributed by atoms with van der Waals surface area (Å²) in [6.07, 6.45) is 2.64. The number of anilines is 3. The molecule has 0 atom stereocenters. The Hall–Kier alpha value is -4.07. The summed E-state index contributed by atoms with van der Waals surface area (Å²) in [7, 11) is -2.08. The number of benzene rings is 2. The molecule has 2 fully saturated rings. The normalized spacial score (nSPS) is 16.6. The molecule has 11 nitrogen and oxygen atoms in total. The molecule has 228 valence electrons. The van der Waals surface area contributed by atoms with Gasteiger partial charge in [-0.15, -0.1) is 0 Å². The number of nitrogens with zero attached hydrogens (tertiary/aromatic N) is 3. The molecule has 0 bridgehead atoms. The van der Waals surface area contributed by atoms with Crippen molar-refractivity contribution in [3.8, 4) is 0 Å². The fourth-order valence-electron chi connectivity index (χ4n) is 5.22. The minimum atomic E-state index is -4.17. The Morgan fingerprint density at radius 3 is 2.47 bits per heavy atom. The zero-order valence-corrected chi connectivity index (χ0v) is 25.0. The van der Waals surface area contributed by atoms with Gasteiger partial charge in [-0.3, -0.25) is 10.2 Å². The number of ether oxygens (including phenoxy) is 1. The number of rotatable bonds is 7. The summed E-state index contributed by atoms with van der Waals surface area (Å²) >= 11 is 0. The molecule has 0 aliphatic carbocycles. The van der Waals surface area contributed by atoms with Gasteiger partial charge in [0, 0.05) is 63.0 Å². The van der Waals surface area contributed by atoms with E-state index in [-0.39, 0.29) is 27.2 Å². The smallest absolute Gasteiger partial charge is 0.258 e. The van der Waals surface area contributed by atoms with Crippen molar-refractivity contribution in [2.24, 2.45) is 0 Å². The third-order valence-corrected chi connectivity index (χ3v) is 9.43. The third-order valence-electron chi connectivity index (χ3n) is 7.73. The quantitative estimate of drug-likeness (QED) is 0.234. The molecule has 0 spiro atoms. The zero-order chi connectivity index (χ0) is 30.7. The molecule has 3 heterocycles. The number of likely N-dealkylation sites (N-methyl/N-ethyl adjacent to an activating group) is 1. The number of aryl methyl sites for hydroxylation is 1. The van der Waals surface area contributed by atoms with E-state index in [1.165, 1.54) is 12.1 Å². The molecule has 13 heteroatoms. The average molecular weight is 610 g/mol. The lowest BCUT2D eigenvalue weighted by atomic mass is 10.1. The molecule has 0 unspecified atom stereocenters. The molecule has 2 saturated heterocycles. The first kappa shape index (κ1) is 30.4. The van der Waals surface area contributed by atoms with Gasteiger partial charge >= 0.3 is 0 Å². The topological polar surface area (TPSA) is 154 Å². The predicted molar refractivity (Wildman–Crippen MR) is 163 cm³/mol. The number of nitrogen functional groups attached to an aromatic ring is 1. The van der Waals surface area contributed by atoms with Crippen LogP contribution in [0.25, 0.3) is 0 Å². The summed E-state index contributed by atoms with van der Waals surface area (Å²) in [6, 6.07) is 10.4. The monoisotopic (exact) mass is 609 g/mol. The van der Waals surface area contributed by atoms with Crippen LogP contribution in [0.15, 0.2) is 58.5 Å². The van der Waals surface area contributed by atoms with Crippen molar-refractivity contribution in [3.63, 3.8) is 0 Å². The maximum absolute atomic E-state index is 14.0. The van der Waals surface area contributed by atoms with Crippen molar-refractivity contribution in [3.05, 3.63) is 71.2 Å². The van der Waals surface area contributed by atoms with Crippen molar-refractivity contribution in [2.75, 3.05) is 62.4 Å². The Bertz CT molecular complexity index is 1620. The summed E-state index contributed by atoms with van der Waals surface area (Å²) in [5, 5.41) is 14.7. The van der Waals surface area contributed by atoms with Crippen LogP contribution in [0.3, 0.4) is 0 Å². The predicted octanol–water partition coefficient (Wildman–Crippen LogP) is 3.04. The molecule has 1 amide bonds. The van der Waals surface area contributed by atoms with E-state index in [0.717, 1.165) is 63.0 Å². The van der Waals surface area contributed by atoms with Crippen LogP contribution < -0.4 is 21.3 Å². The first-order valence-electron chi connectivity index (χ1n) is 14.1. The standard InChI is InChI=1S/C30H36FN7O4S/c1-19-13-20(31)15-23(14-19)43(40,41)24-17-26(28(32)34-18-24)29(33)36-30(39)25-4-3-22(38-9-7-37(2)8-10-38)16-27(25)35-21-5-11-42-12-6-21/h3-4,13-18,21,35H,5-12H2,1-2H3,(H2,32,34)(H2,33,36,39). The van der Waals surface area contributed by atoms with E-state index >= 15 is 0 Å². The van der Waals surface area contributed by atoms with E-state index in [2.05, 4.69) is 32.5 Å². The van der Waals surface area contributed by atoms with Gasteiger partial charge in [-0.05, 0) is 74.8 Å². The number of pyridine rings is 1. The molecule has 43 heavy (non-hydrogen) atoms. The minimum absolute atomic E-state index is 0.0736. The number of hydrogen-bond acceptors (Lipinski definition) is 10. The number of nitrogens with two attached hydrogens (primary N) is 1. The molecule has 0 radical (unpaired) electrons. The van der Waals surface area contributed by atoms with Gasteiger partial charge < -0.3 is 30.9 Å². The third kappa shape index (κ3) is 6.95. The highest BCUT2D eigenvalue weighted by Gasteiger charge is 2.25. The van der Waals surface area contributed by atoms with E-state index in [1.807, 2.05) is 12.1 Å². The maximum Gasteiger partial charge on any atom is 0.258 e. The number of halogens is 1. The van der Waals surface area contributed by atoms with Gasteiger partial charge in [-0.2, -0.15) is 0 Å². The second kappa shape index (κ2) is 12.7. The number of piperazine rings is 1. The summed E-state index contributed by atoms with van der Waals surface area (Å²) < 4.78 is 46.0. The highest BCUT2D eigenvalue weighted by Crippen LogP contribution is 2.28. The van der Waals surface area contributed by atoms with Crippen LogP contribution in [-0.2, 0) is 14.6 Å². The molecule has 2 aromatic carbocycles. The van der Waals surface area contributed by atoms with Crippen molar-refractivity contribution >= 4 is 38.8 Å². The van der Waals surface area contributed by atoms with Gasteiger partial charge in [0.2, 0.25) is 9.84 Å². The first-order chi connectivity index (χ1) is 20.5. The minimum Gasteiger partial charge on any atom is -0.383 e. The number of nitrogens with one attached hydrogen (secondary N) is 3. The fourth-order valence-corrected chi connectivity index (χ4v) is 6.56. The lowest BCUT2D eigenvalue weighted by molar-refractivity contribution is 0.0904. The number of carbonyl (C=O) groups excluding carboxylic acids is 1. The molecular weight excluding hydrogens is 573 g/mol. The highest BCUT2D eigenvalue weighted by atomic mass is 32.2. The molecule has 2 aliphatic heterocycles. The van der Waals surface area contributed by atoms with Gasteiger partial charge in [0.1, 0.15) is 17.5 Å². The molecule has 5 rings (SSSR count). The van der Waals surface area contributed by atoms with Crippen LogP contribution >= 0.6 is 0 Å². The molecule has 0 saturated carbocycles. The Labute approximate surface area is 250 Å². The fraction of sp³-hybridized carbons (Fsp3) is 0.367. The van der Waals surface area contributed by atoms with Gasteiger partial charge in [-0.1, -0.05) is 0 Å². The zero-order valence-electron chi connectivity index (χ0n) is 24.2. The Balaban J connectivity index is 1.41. The first-order valence-corrected chi connectivity index (χ1v) is 15.6. The van der Waals surface area contributed by atoms with Gasteiger partial charge in [-0.25, -0.2) is 17.8 Å². The number of amidine groups is 1. The van der Waals surface area contributed by atoms with Crippen molar-refractivity contribution in [1.29, 1.82) is 5.41 Å². The lowest BCUT2D eigenvalue weighted by Crippen LogP contribution is -2.44. The van der Waals surface area contributed by atoms with E-state index in [4.69, 9.17) is 15.9 Å². The van der Waals surface area contributed by atoms with Crippen LogP contribution in [0, 0.1) is 18.2 Å². The van der Waals surface area contributed by atoms with Crippen LogP contribution in [0.4, 0.5) is 21.6 Å². The summed E-state index contributed by atoms with van der Waals surface area (Å²) in [5.74, 6) is -1.79. The average Bonchev–Trinajstić information content (AvgIpc) is 2.97. The summed E-state index contributed by atoms with van der Waals surface area (Å²) in [6.45, 7) is 6.44. The van der Waals surface area contributed by atoms with Crippen LogP contribution in [0.2, 0.25) is 0 Å². The van der Waals surface area contributed by atoms with Gasteiger partial charge in [0.25, 0.3) is 5.91 Å². The number of sulfone groups is 1.